The minimum absolute atomic E-state index is 0.507. The molecule has 1 nitrogen and oxygen atoms in total. The van der Waals surface area contributed by atoms with Crippen LogP contribution in [0.15, 0.2) is 0 Å². The van der Waals surface area contributed by atoms with Crippen molar-refractivity contribution >= 4 is 5.78 Å². The molecule has 11 heavy (non-hydrogen) atoms. The topological polar surface area (TPSA) is 17.1 Å². The van der Waals surface area contributed by atoms with Crippen molar-refractivity contribution < 1.29 is 4.79 Å². The Labute approximate surface area is 68.2 Å². The lowest BCUT2D eigenvalue weighted by Crippen LogP contribution is -2.00. The molecule has 0 saturated heterocycles. The summed E-state index contributed by atoms with van der Waals surface area (Å²) in [6, 6.07) is 0. The van der Waals surface area contributed by atoms with Crippen molar-refractivity contribution in [3.63, 3.8) is 0 Å². The third-order valence-electron chi connectivity index (χ3n) is 3.08. The lowest BCUT2D eigenvalue weighted by atomic mass is 10.1. The molecule has 62 valence electrons. The van der Waals surface area contributed by atoms with E-state index in [0.29, 0.717) is 11.7 Å². The van der Waals surface area contributed by atoms with E-state index in [2.05, 4.69) is 0 Å². The van der Waals surface area contributed by atoms with Gasteiger partial charge < -0.3 is 0 Å². The molecule has 2 atom stereocenters. The molecule has 2 aliphatic rings. The molecule has 0 aliphatic heterocycles. The minimum atomic E-state index is 0.507. The van der Waals surface area contributed by atoms with Gasteiger partial charge in [-0.2, -0.15) is 0 Å². The Balaban J connectivity index is 1.90. The van der Waals surface area contributed by atoms with Gasteiger partial charge in [-0.3, -0.25) is 4.79 Å². The zero-order valence-electron chi connectivity index (χ0n) is 7.01. The first-order valence-corrected chi connectivity index (χ1v) is 4.90. The van der Waals surface area contributed by atoms with Crippen LogP contribution >= 0.6 is 0 Å². The van der Waals surface area contributed by atoms with Crippen molar-refractivity contribution in [1.82, 2.24) is 0 Å². The second kappa shape index (κ2) is 2.96. The Morgan fingerprint density at radius 3 is 2.82 bits per heavy atom. The van der Waals surface area contributed by atoms with E-state index >= 15 is 0 Å². The fourth-order valence-corrected chi connectivity index (χ4v) is 2.21. The summed E-state index contributed by atoms with van der Waals surface area (Å²) >= 11 is 0. The van der Waals surface area contributed by atoms with Crippen molar-refractivity contribution in [2.45, 2.75) is 44.9 Å². The lowest BCUT2D eigenvalue weighted by Gasteiger charge is -1.95. The van der Waals surface area contributed by atoms with Gasteiger partial charge in [0.05, 0.1) is 0 Å². The fraction of sp³-hybridized carbons (Fsp3) is 0.900. The standard InChI is InChI=1S/C10H16O/c11-10-6-4-2-1-3-5-8-7-9(8)10/h8-9H,1-7H2. The first-order valence-electron chi connectivity index (χ1n) is 4.90. The molecule has 2 rings (SSSR count). The van der Waals surface area contributed by atoms with Gasteiger partial charge in [-0.05, 0) is 25.2 Å². The second-order valence-electron chi connectivity index (χ2n) is 4.02. The van der Waals surface area contributed by atoms with E-state index in [1.54, 1.807) is 0 Å². The Morgan fingerprint density at radius 2 is 1.91 bits per heavy atom. The highest BCUT2D eigenvalue weighted by molar-refractivity contribution is 5.83. The van der Waals surface area contributed by atoms with Crippen LogP contribution in [0.4, 0.5) is 0 Å². The van der Waals surface area contributed by atoms with E-state index in [0.717, 1.165) is 18.8 Å². The summed E-state index contributed by atoms with van der Waals surface area (Å²) in [6.45, 7) is 0. The van der Waals surface area contributed by atoms with Crippen LogP contribution in [0.1, 0.15) is 44.9 Å². The maximum Gasteiger partial charge on any atom is 0.136 e. The Bertz CT molecular complexity index is 162. The Hall–Kier alpha value is -0.330. The zero-order chi connectivity index (χ0) is 7.68. The Morgan fingerprint density at radius 1 is 1.09 bits per heavy atom. The van der Waals surface area contributed by atoms with E-state index < -0.39 is 0 Å². The van der Waals surface area contributed by atoms with Crippen molar-refractivity contribution in [3.05, 3.63) is 0 Å². The average molecular weight is 152 g/mol. The van der Waals surface area contributed by atoms with Gasteiger partial charge in [0.1, 0.15) is 5.78 Å². The maximum atomic E-state index is 11.4. The third-order valence-corrected chi connectivity index (χ3v) is 3.08. The van der Waals surface area contributed by atoms with Gasteiger partial charge in [-0.1, -0.05) is 19.3 Å². The fourth-order valence-electron chi connectivity index (χ4n) is 2.21. The summed E-state index contributed by atoms with van der Waals surface area (Å²) in [4.78, 5) is 11.4. The smallest absolute Gasteiger partial charge is 0.136 e. The second-order valence-corrected chi connectivity index (χ2v) is 4.02. The van der Waals surface area contributed by atoms with Gasteiger partial charge in [0.2, 0.25) is 0 Å². The van der Waals surface area contributed by atoms with Crippen LogP contribution in [0.25, 0.3) is 0 Å². The number of hydrogen-bond donors (Lipinski definition) is 0. The van der Waals surface area contributed by atoms with Crippen LogP contribution in [-0.4, -0.2) is 5.78 Å². The van der Waals surface area contributed by atoms with E-state index in [9.17, 15) is 4.79 Å². The SMILES string of the molecule is O=C1CCCCCCC2CC12. The summed E-state index contributed by atoms with van der Waals surface area (Å²) in [5.41, 5.74) is 0. The van der Waals surface area contributed by atoms with Crippen molar-refractivity contribution in [3.8, 4) is 0 Å². The molecule has 0 spiro atoms. The number of carbonyl (C=O) groups is 1. The first-order chi connectivity index (χ1) is 5.38. The molecule has 0 N–H and O–H groups in total. The van der Waals surface area contributed by atoms with Gasteiger partial charge in [0, 0.05) is 12.3 Å². The molecule has 0 aromatic carbocycles. The van der Waals surface area contributed by atoms with Gasteiger partial charge in [0.25, 0.3) is 0 Å². The monoisotopic (exact) mass is 152 g/mol. The van der Waals surface area contributed by atoms with Crippen LogP contribution in [0, 0.1) is 11.8 Å². The first kappa shape index (κ1) is 7.33. The molecule has 2 saturated carbocycles. The summed E-state index contributed by atoms with van der Waals surface area (Å²) in [5.74, 6) is 1.88. The number of hydrogen-bond acceptors (Lipinski definition) is 1. The van der Waals surface area contributed by atoms with Gasteiger partial charge in [0.15, 0.2) is 0 Å². The molecule has 2 unspecified atom stereocenters. The minimum Gasteiger partial charge on any atom is -0.299 e. The number of ketones is 1. The number of rotatable bonds is 0. The van der Waals surface area contributed by atoms with Crippen molar-refractivity contribution in [2.75, 3.05) is 0 Å². The maximum absolute atomic E-state index is 11.4. The largest absolute Gasteiger partial charge is 0.299 e. The quantitative estimate of drug-likeness (QED) is 0.521. The van der Waals surface area contributed by atoms with Crippen molar-refractivity contribution in [2.24, 2.45) is 11.8 Å². The van der Waals surface area contributed by atoms with Crippen LogP contribution in [0.2, 0.25) is 0 Å². The predicted molar refractivity (Wildman–Crippen MR) is 44.3 cm³/mol. The molecule has 0 aromatic rings. The van der Waals surface area contributed by atoms with Crippen LogP contribution in [0.5, 0.6) is 0 Å². The summed E-state index contributed by atoms with van der Waals surface area (Å²) < 4.78 is 0. The average Bonchev–Trinajstić information content (AvgIpc) is 2.74. The molecule has 1 heteroatoms. The third kappa shape index (κ3) is 1.63. The van der Waals surface area contributed by atoms with Crippen LogP contribution in [0.3, 0.4) is 0 Å². The summed E-state index contributed by atoms with van der Waals surface area (Å²) in [6.07, 6.45) is 8.59. The predicted octanol–water partition coefficient (Wildman–Crippen LogP) is 2.55. The highest BCUT2D eigenvalue weighted by Gasteiger charge is 2.41. The van der Waals surface area contributed by atoms with E-state index in [-0.39, 0.29) is 0 Å². The van der Waals surface area contributed by atoms with Gasteiger partial charge in [-0.25, -0.2) is 0 Å². The molecule has 0 bridgehead atoms. The molecular weight excluding hydrogens is 136 g/mol. The molecule has 0 aromatic heterocycles. The van der Waals surface area contributed by atoms with Crippen LogP contribution in [-0.2, 0) is 4.79 Å². The molecule has 0 amide bonds. The molecule has 0 heterocycles. The Kier molecular flexibility index (Phi) is 1.97. The summed E-state index contributed by atoms with van der Waals surface area (Å²) in [5, 5.41) is 0. The van der Waals surface area contributed by atoms with E-state index in [1.165, 1.54) is 32.1 Å². The summed E-state index contributed by atoms with van der Waals surface area (Å²) in [7, 11) is 0. The number of Topliss-reactive ketones (excluding diaryl/α,β-unsaturated/α-hetero) is 1. The number of fused-ring (bicyclic) bond motifs is 1. The normalized spacial score (nSPS) is 38.4. The van der Waals surface area contributed by atoms with E-state index in [4.69, 9.17) is 0 Å². The van der Waals surface area contributed by atoms with Crippen LogP contribution < -0.4 is 0 Å². The number of carbonyl (C=O) groups excluding carboxylic acids is 1. The van der Waals surface area contributed by atoms with Gasteiger partial charge >= 0.3 is 0 Å². The van der Waals surface area contributed by atoms with Gasteiger partial charge in [-0.15, -0.1) is 0 Å². The molecule has 2 fully saturated rings. The lowest BCUT2D eigenvalue weighted by molar-refractivity contribution is -0.120. The van der Waals surface area contributed by atoms with E-state index in [1.807, 2.05) is 0 Å². The highest BCUT2D eigenvalue weighted by Crippen LogP contribution is 2.44. The zero-order valence-corrected chi connectivity index (χ0v) is 7.01. The molecule has 2 aliphatic carbocycles. The van der Waals surface area contributed by atoms with Crippen molar-refractivity contribution in [1.29, 1.82) is 0 Å². The molecule has 0 radical (unpaired) electrons. The molecular formula is C10H16O. The highest BCUT2D eigenvalue weighted by atomic mass is 16.1.